The maximum atomic E-state index is 13.6. The number of carbonyl (C=O) groups excluding carboxylic acids is 3. The number of hydrogen-bond donors (Lipinski definition) is 6. The van der Waals surface area contributed by atoms with Crippen LogP contribution in [-0.2, 0) is 63.4 Å². The first-order valence-corrected chi connectivity index (χ1v) is 39.5. The van der Waals surface area contributed by atoms with Crippen molar-refractivity contribution in [3.05, 3.63) is 389 Å². The van der Waals surface area contributed by atoms with Gasteiger partial charge in [-0.2, -0.15) is 22.4 Å². The van der Waals surface area contributed by atoms with Crippen molar-refractivity contribution >= 4 is 35.8 Å². The van der Waals surface area contributed by atoms with E-state index in [-0.39, 0.29) is 47.3 Å². The van der Waals surface area contributed by atoms with Crippen molar-refractivity contribution in [1.82, 2.24) is 36.4 Å². The summed E-state index contributed by atoms with van der Waals surface area (Å²) in [6, 6.07) is 97.1. The molecule has 0 bridgehead atoms. The second-order valence-corrected chi connectivity index (χ2v) is 28.0. The second kappa shape index (κ2) is 48.8. The molecule has 0 atom stereocenters. The minimum atomic E-state index is -0.734. The Balaban J connectivity index is 0.000000180. The molecule has 0 saturated carbocycles. The fourth-order valence-electron chi connectivity index (χ4n) is 13.8. The predicted molar refractivity (Wildman–Crippen MR) is 463 cm³/mol. The quantitative estimate of drug-likeness (QED) is 0.0116. The van der Waals surface area contributed by atoms with Gasteiger partial charge in [0.2, 0.25) is 29.9 Å². The SMILES string of the molecule is CC#N.N#CN=C(Oc1ccccc1)N1CCC(C(=O)NCc2ccc(F)cc2)(c2ccccc2)CC1.N#CNC(=NCc1ccccc1)N1CCC(C(=O)NCc2ccc(F)cc2)(c2ccccc2)CC1.NCc1ccccc1.O=C(NCc1ccc(F)cc1)C1(c2ccccc2)CCNCC1.[C-]#[N+]N=C(Oc1ccccc1)Oc1ccccc1. The first-order valence-electron chi connectivity index (χ1n) is 39.5. The molecule has 21 nitrogen and oxygen atoms in total. The highest BCUT2D eigenvalue weighted by molar-refractivity contribution is 5.91. The molecule has 3 heterocycles. The number of nitrogens with two attached hydrogens (primary N) is 1. The number of para-hydroxylation sites is 3. The molecule has 0 aromatic heterocycles. The van der Waals surface area contributed by atoms with Crippen molar-refractivity contribution in [2.45, 2.75) is 94.4 Å². The monoisotopic (exact) mass is 1620 g/mol. The van der Waals surface area contributed by atoms with E-state index in [1.165, 1.54) is 48.9 Å². The van der Waals surface area contributed by atoms with Crippen molar-refractivity contribution < 1.29 is 41.8 Å². The van der Waals surface area contributed by atoms with Crippen LogP contribution in [0.25, 0.3) is 4.95 Å². The third kappa shape index (κ3) is 28.0. The third-order valence-corrected chi connectivity index (χ3v) is 20.3. The highest BCUT2D eigenvalue weighted by Crippen LogP contribution is 2.39. The van der Waals surface area contributed by atoms with Gasteiger partial charge in [0, 0.05) is 59.3 Å². The van der Waals surface area contributed by atoms with E-state index >= 15 is 0 Å². The lowest BCUT2D eigenvalue weighted by Crippen LogP contribution is -2.54. The van der Waals surface area contributed by atoms with Gasteiger partial charge < -0.3 is 51.0 Å². The summed E-state index contributed by atoms with van der Waals surface area (Å²) in [5, 5.41) is 44.4. The molecule has 7 N–H and O–H groups in total. The number of amides is 3. The molecule has 11 aromatic carbocycles. The smallest absolute Gasteiger partial charge is 0.425 e. The van der Waals surface area contributed by atoms with Crippen LogP contribution < -0.4 is 46.5 Å². The van der Waals surface area contributed by atoms with Crippen molar-refractivity contribution in [3.63, 3.8) is 0 Å². The fourth-order valence-corrected chi connectivity index (χ4v) is 13.8. The van der Waals surface area contributed by atoms with Gasteiger partial charge in [0.05, 0.1) is 28.9 Å². The number of benzene rings is 11. The summed E-state index contributed by atoms with van der Waals surface area (Å²) in [6.07, 6.45) is 7.47. The maximum absolute atomic E-state index is 13.6. The van der Waals surface area contributed by atoms with Gasteiger partial charge in [0.1, 0.15) is 34.7 Å². The Hall–Kier alpha value is -14.7. The largest absolute Gasteiger partial charge is 0.475 e. The molecule has 14 rings (SSSR count). The minimum absolute atomic E-state index is 0.0505. The summed E-state index contributed by atoms with van der Waals surface area (Å²) in [4.78, 5) is 55.4. The summed E-state index contributed by atoms with van der Waals surface area (Å²) < 4.78 is 56.0. The van der Waals surface area contributed by atoms with Crippen LogP contribution in [0.2, 0.25) is 0 Å². The molecule has 3 aliphatic rings. The molecular weight excluding hydrogens is 1530 g/mol. The zero-order valence-electron chi connectivity index (χ0n) is 67.2. The van der Waals surface area contributed by atoms with Crippen LogP contribution >= 0.6 is 0 Å². The Morgan fingerprint density at radius 1 is 0.446 bits per heavy atom. The maximum Gasteiger partial charge on any atom is 0.475 e. The van der Waals surface area contributed by atoms with Crippen molar-refractivity contribution in [1.29, 1.82) is 15.8 Å². The Labute approximate surface area is 705 Å². The molecule has 616 valence electrons. The molecule has 0 unspecified atom stereocenters. The van der Waals surface area contributed by atoms with Crippen molar-refractivity contribution in [3.8, 4) is 35.7 Å². The number of carbonyl (C=O) groups is 3. The number of halogens is 3. The number of guanidine groups is 1. The van der Waals surface area contributed by atoms with Crippen LogP contribution in [-0.4, -0.2) is 84.9 Å². The number of ether oxygens (including phenoxy) is 3. The molecule has 3 aliphatic heterocycles. The average molecular weight is 1620 g/mol. The summed E-state index contributed by atoms with van der Waals surface area (Å²) in [6.45, 7) is 14.1. The van der Waals surface area contributed by atoms with Crippen LogP contribution in [0.5, 0.6) is 17.2 Å². The van der Waals surface area contributed by atoms with Gasteiger partial charge in [-0.05, 0) is 169 Å². The van der Waals surface area contributed by atoms with Crippen LogP contribution in [0.1, 0.15) is 90.0 Å². The fraction of sp³-hybridized carbons (Fsp3) is 0.216. The van der Waals surface area contributed by atoms with Crippen LogP contribution in [0.3, 0.4) is 0 Å². The van der Waals surface area contributed by atoms with E-state index in [1.54, 1.807) is 78.9 Å². The lowest BCUT2D eigenvalue weighted by Gasteiger charge is -2.41. The molecule has 3 saturated heterocycles. The number of hydrogen-bond acceptors (Lipinski definition) is 14. The summed E-state index contributed by atoms with van der Waals surface area (Å²) in [7, 11) is 0. The van der Waals surface area contributed by atoms with Gasteiger partial charge in [0.25, 0.3) is 0 Å². The molecular formula is C97H96F3N15O6. The van der Waals surface area contributed by atoms with E-state index < -0.39 is 16.2 Å². The van der Waals surface area contributed by atoms with Crippen molar-refractivity contribution in [2.24, 2.45) is 20.8 Å². The molecule has 0 radical (unpaired) electrons. The van der Waals surface area contributed by atoms with Gasteiger partial charge in [-0.25, -0.2) is 18.2 Å². The number of rotatable bonds is 18. The number of nitrogens with one attached hydrogen (secondary N) is 5. The lowest BCUT2D eigenvalue weighted by atomic mass is 9.72. The number of piperidine rings is 3. The van der Waals surface area contributed by atoms with E-state index in [2.05, 4.69) is 46.6 Å². The first-order chi connectivity index (χ1) is 59.1. The van der Waals surface area contributed by atoms with Crippen LogP contribution in [0.15, 0.2) is 331 Å². The predicted octanol–water partition coefficient (Wildman–Crippen LogP) is 16.3. The molecule has 24 heteroatoms. The Bertz CT molecular complexity index is 5180. The number of nitrogens with zero attached hydrogens (tertiary/aromatic N) is 9. The van der Waals surface area contributed by atoms with E-state index in [0.717, 1.165) is 64.9 Å². The third-order valence-electron chi connectivity index (χ3n) is 20.3. The first kappa shape index (κ1) is 90.2. The summed E-state index contributed by atoms with van der Waals surface area (Å²) in [5.41, 5.74) is 11.2. The standard InChI is InChI=1S/C28H28FN5O.C27H25FN4O2.C19H21FN2O.C14H10N2O2.C7H9N.C2H3N/c29-25-13-11-23(12-14-25)19-31-26(35)28(24-9-5-2-6-10-24)15-17-34(18-16-28)27(33-21-30)32-20-22-7-3-1-4-8-22;28-23-13-11-21(12-14-23)19-30-25(33)27(22-7-3-1-4-8-22)15-17-32(18-16-27)26(31-20-29)34-24-9-5-2-6-10-24;20-17-8-6-15(7-9-17)14-22-18(23)19(10-12-21-13-11-19)16-4-2-1-3-5-16;1-15-16-14(17-12-8-4-2-5-9-12)18-13-10-6-3-7-11-13;8-6-7-4-2-1-3-5-7;1-2-3/h1-14H,15-20H2,(H,31,35)(H,32,33);1-14H,15-19H2,(H,30,33);1-9,21H,10-14H2,(H,22,23);2-11H;1-5H,6,8H2;1H3. The van der Waals surface area contributed by atoms with E-state index in [0.29, 0.717) is 108 Å². The van der Waals surface area contributed by atoms with E-state index in [4.69, 9.17) is 31.8 Å². The second-order valence-electron chi connectivity index (χ2n) is 28.0. The highest BCUT2D eigenvalue weighted by atomic mass is 19.1. The van der Waals surface area contributed by atoms with Gasteiger partial charge in [-0.15, -0.1) is 9.95 Å². The molecule has 0 spiro atoms. The molecule has 3 amide bonds. The zero-order chi connectivity index (χ0) is 85.6. The number of aliphatic imine (C=N–C) groups is 2. The molecule has 0 aliphatic carbocycles. The zero-order valence-corrected chi connectivity index (χ0v) is 67.2. The molecule has 3 fully saturated rings. The normalized spacial score (nSPS) is 13.9. The molecule has 11 aromatic rings. The van der Waals surface area contributed by atoms with Crippen LogP contribution in [0, 0.1) is 58.3 Å². The topological polar surface area (TPSA) is 284 Å². The number of nitriles is 3. The van der Waals surface area contributed by atoms with Gasteiger partial charge in [0.15, 0.2) is 11.3 Å². The Morgan fingerprint density at radius 3 is 1.08 bits per heavy atom. The highest BCUT2D eigenvalue weighted by Gasteiger charge is 2.46. The van der Waals surface area contributed by atoms with Gasteiger partial charge >= 0.3 is 12.1 Å². The number of likely N-dealkylation sites (tertiary alicyclic amines) is 2. The van der Waals surface area contributed by atoms with Crippen molar-refractivity contribution in [2.75, 3.05) is 39.3 Å². The minimum Gasteiger partial charge on any atom is -0.425 e. The van der Waals surface area contributed by atoms with E-state index in [1.807, 2.05) is 228 Å². The van der Waals surface area contributed by atoms with Crippen LogP contribution in [0.4, 0.5) is 13.2 Å². The molecule has 121 heavy (non-hydrogen) atoms. The Kier molecular flexibility index (Phi) is 36.4. The van der Waals surface area contributed by atoms with Gasteiger partial charge in [-0.1, -0.05) is 243 Å². The lowest BCUT2D eigenvalue weighted by molar-refractivity contribution is -0.129. The summed E-state index contributed by atoms with van der Waals surface area (Å²) in [5.74, 6) is 1.28. The van der Waals surface area contributed by atoms with Gasteiger partial charge in [-0.3, -0.25) is 19.7 Å². The van der Waals surface area contributed by atoms with E-state index in [9.17, 15) is 38.1 Å². The summed E-state index contributed by atoms with van der Waals surface area (Å²) >= 11 is 0. The number of amidine groups is 1. The average Bonchev–Trinajstić information content (AvgIpc) is 0.778. The Morgan fingerprint density at radius 2 is 0.760 bits per heavy atom.